The summed E-state index contributed by atoms with van der Waals surface area (Å²) < 4.78 is 43.0. The number of nitrogen functional groups attached to an aromatic ring is 1. The second kappa shape index (κ2) is 8.40. The molecular formula is C21H19FN4O4S. The lowest BCUT2D eigenvalue weighted by atomic mass is 10.1. The molecule has 0 aliphatic carbocycles. The van der Waals surface area contributed by atoms with Crippen molar-refractivity contribution in [3.63, 3.8) is 0 Å². The fourth-order valence-corrected chi connectivity index (χ4v) is 4.60. The number of amides is 1. The van der Waals surface area contributed by atoms with E-state index in [4.69, 9.17) is 10.5 Å². The minimum absolute atomic E-state index is 0.0133. The van der Waals surface area contributed by atoms with Crippen molar-refractivity contribution in [1.82, 2.24) is 9.97 Å². The van der Waals surface area contributed by atoms with Crippen molar-refractivity contribution in [2.45, 2.75) is 4.90 Å². The summed E-state index contributed by atoms with van der Waals surface area (Å²) >= 11 is 0. The van der Waals surface area contributed by atoms with Crippen LogP contribution in [0.2, 0.25) is 0 Å². The molecule has 10 heteroatoms. The third kappa shape index (κ3) is 4.70. The van der Waals surface area contributed by atoms with Gasteiger partial charge in [0.15, 0.2) is 21.3 Å². The fraction of sp³-hybridized carbons (Fsp3) is 0.190. The van der Waals surface area contributed by atoms with Gasteiger partial charge in [0.25, 0.3) is 5.91 Å². The standard InChI is InChI=1S/C21H19FN4O4S/c22-15-3-1-14(2-4-15)18-9-24-20(23)19(26-18)21(27)25-16-5-7-17(8-6-16)31(28,29)12-13-10-30-11-13/h1-9,13H,10-12H2,(H2,23,24)(H,25,27). The van der Waals surface area contributed by atoms with Crippen molar-refractivity contribution in [2.24, 2.45) is 5.92 Å². The van der Waals surface area contributed by atoms with E-state index in [2.05, 4.69) is 15.3 Å². The molecule has 0 spiro atoms. The first-order valence-electron chi connectivity index (χ1n) is 9.42. The zero-order chi connectivity index (χ0) is 22.0. The van der Waals surface area contributed by atoms with Crippen LogP contribution in [-0.2, 0) is 14.6 Å². The van der Waals surface area contributed by atoms with Crippen LogP contribution in [0.5, 0.6) is 0 Å². The number of rotatable bonds is 6. The van der Waals surface area contributed by atoms with E-state index in [0.717, 1.165) is 0 Å². The molecule has 3 N–H and O–H groups in total. The van der Waals surface area contributed by atoms with E-state index in [0.29, 0.717) is 30.2 Å². The molecule has 1 aliphatic rings. The lowest BCUT2D eigenvalue weighted by molar-refractivity contribution is -0.0204. The van der Waals surface area contributed by atoms with Crippen LogP contribution in [0.4, 0.5) is 15.9 Å². The molecular weight excluding hydrogens is 423 g/mol. The molecule has 160 valence electrons. The number of nitrogens with two attached hydrogens (primary N) is 1. The van der Waals surface area contributed by atoms with E-state index in [-0.39, 0.29) is 28.1 Å². The first-order valence-corrected chi connectivity index (χ1v) is 11.1. The highest BCUT2D eigenvalue weighted by atomic mass is 32.2. The van der Waals surface area contributed by atoms with E-state index < -0.39 is 21.6 Å². The molecule has 0 saturated carbocycles. The van der Waals surface area contributed by atoms with Crippen molar-refractivity contribution in [1.29, 1.82) is 0 Å². The molecule has 2 aromatic carbocycles. The number of carbonyl (C=O) groups excluding carboxylic acids is 1. The van der Waals surface area contributed by atoms with Gasteiger partial charge in [-0.1, -0.05) is 0 Å². The Balaban J connectivity index is 1.50. The topological polar surface area (TPSA) is 124 Å². The summed E-state index contributed by atoms with van der Waals surface area (Å²) in [6.07, 6.45) is 1.39. The number of aromatic nitrogens is 2. The Morgan fingerprint density at radius 1 is 1.13 bits per heavy atom. The number of ether oxygens (including phenoxy) is 1. The van der Waals surface area contributed by atoms with Crippen LogP contribution in [0.3, 0.4) is 0 Å². The number of hydrogen-bond acceptors (Lipinski definition) is 7. The van der Waals surface area contributed by atoms with Gasteiger partial charge in [-0.05, 0) is 48.5 Å². The normalized spacial score (nSPS) is 14.1. The molecule has 8 nitrogen and oxygen atoms in total. The third-order valence-corrected chi connectivity index (χ3v) is 6.69. The Morgan fingerprint density at radius 2 is 1.81 bits per heavy atom. The van der Waals surface area contributed by atoms with Crippen molar-refractivity contribution in [3.8, 4) is 11.3 Å². The Bertz CT molecular complexity index is 1210. The van der Waals surface area contributed by atoms with E-state index in [9.17, 15) is 17.6 Å². The van der Waals surface area contributed by atoms with E-state index in [1.54, 1.807) is 0 Å². The van der Waals surface area contributed by atoms with Gasteiger partial charge < -0.3 is 15.8 Å². The largest absolute Gasteiger partial charge is 0.382 e. The number of halogens is 1. The van der Waals surface area contributed by atoms with Gasteiger partial charge in [0.05, 0.1) is 35.8 Å². The predicted octanol–water partition coefficient (Wildman–Crippen LogP) is 2.54. The average molecular weight is 442 g/mol. The maximum atomic E-state index is 13.1. The number of carbonyl (C=O) groups is 1. The summed E-state index contributed by atoms with van der Waals surface area (Å²) in [5.74, 6) is -1.02. The molecule has 2 heterocycles. The summed E-state index contributed by atoms with van der Waals surface area (Å²) in [6, 6.07) is 11.5. The Kier molecular flexibility index (Phi) is 5.66. The molecule has 1 fully saturated rings. The Hall–Kier alpha value is -3.37. The molecule has 1 aromatic heterocycles. The summed E-state index contributed by atoms with van der Waals surface area (Å²) in [5, 5.41) is 2.63. The van der Waals surface area contributed by atoms with Crippen LogP contribution in [-0.4, -0.2) is 43.3 Å². The van der Waals surface area contributed by atoms with Gasteiger partial charge in [0, 0.05) is 17.2 Å². The summed E-state index contributed by atoms with van der Waals surface area (Å²) in [7, 11) is -3.43. The van der Waals surface area contributed by atoms with Gasteiger partial charge in [0.1, 0.15) is 5.82 Å². The smallest absolute Gasteiger partial charge is 0.278 e. The van der Waals surface area contributed by atoms with Crippen molar-refractivity contribution in [3.05, 3.63) is 66.2 Å². The number of hydrogen-bond donors (Lipinski definition) is 2. The van der Waals surface area contributed by atoms with E-state index in [1.807, 2.05) is 0 Å². The summed E-state index contributed by atoms with van der Waals surface area (Å²) in [4.78, 5) is 21.1. The predicted molar refractivity (Wildman–Crippen MR) is 113 cm³/mol. The molecule has 0 bridgehead atoms. The van der Waals surface area contributed by atoms with Crippen molar-refractivity contribution in [2.75, 3.05) is 30.0 Å². The Labute approximate surface area is 178 Å². The SMILES string of the molecule is Nc1ncc(-c2ccc(F)cc2)nc1C(=O)Nc1ccc(S(=O)(=O)CC2COC2)cc1. The van der Waals surface area contributed by atoms with Crippen LogP contribution < -0.4 is 11.1 Å². The third-order valence-electron chi connectivity index (χ3n) is 4.79. The number of nitrogens with zero attached hydrogens (tertiary/aromatic N) is 2. The van der Waals surface area contributed by atoms with E-state index in [1.165, 1.54) is 54.7 Å². The van der Waals surface area contributed by atoms with Crippen LogP contribution >= 0.6 is 0 Å². The van der Waals surface area contributed by atoms with Crippen molar-refractivity contribution >= 4 is 27.2 Å². The highest BCUT2D eigenvalue weighted by molar-refractivity contribution is 7.91. The minimum atomic E-state index is -3.43. The average Bonchev–Trinajstić information content (AvgIpc) is 2.72. The van der Waals surface area contributed by atoms with Gasteiger partial charge in [-0.15, -0.1) is 0 Å². The molecule has 4 rings (SSSR count). The maximum absolute atomic E-state index is 13.1. The number of benzene rings is 2. The van der Waals surface area contributed by atoms with Crippen LogP contribution in [0, 0.1) is 11.7 Å². The monoisotopic (exact) mass is 442 g/mol. The van der Waals surface area contributed by atoms with Gasteiger partial charge in [-0.3, -0.25) is 4.79 Å². The molecule has 0 atom stereocenters. The first-order chi connectivity index (χ1) is 14.8. The molecule has 1 amide bonds. The van der Waals surface area contributed by atoms with E-state index >= 15 is 0 Å². The second-order valence-electron chi connectivity index (χ2n) is 7.16. The van der Waals surface area contributed by atoms with Crippen molar-refractivity contribution < 1.29 is 22.3 Å². The van der Waals surface area contributed by atoms with Crippen LogP contribution in [0.25, 0.3) is 11.3 Å². The molecule has 3 aromatic rings. The number of nitrogens with one attached hydrogen (secondary N) is 1. The Morgan fingerprint density at radius 3 is 2.42 bits per heavy atom. The first kappa shape index (κ1) is 20.9. The highest BCUT2D eigenvalue weighted by Crippen LogP contribution is 2.22. The molecule has 1 aliphatic heterocycles. The molecule has 0 radical (unpaired) electrons. The van der Waals surface area contributed by atoms with Gasteiger partial charge in [0.2, 0.25) is 0 Å². The fourth-order valence-electron chi connectivity index (χ4n) is 3.05. The number of anilines is 2. The summed E-state index contributed by atoms with van der Waals surface area (Å²) in [6.45, 7) is 0.902. The molecule has 1 saturated heterocycles. The molecule has 0 unspecified atom stereocenters. The quantitative estimate of drug-likeness (QED) is 0.601. The maximum Gasteiger partial charge on any atom is 0.278 e. The lowest BCUT2D eigenvalue weighted by Gasteiger charge is -2.25. The van der Waals surface area contributed by atoms with Gasteiger partial charge >= 0.3 is 0 Å². The van der Waals surface area contributed by atoms with Crippen LogP contribution in [0.1, 0.15) is 10.5 Å². The minimum Gasteiger partial charge on any atom is -0.382 e. The van der Waals surface area contributed by atoms with Gasteiger partial charge in [-0.2, -0.15) is 0 Å². The molecule has 31 heavy (non-hydrogen) atoms. The summed E-state index contributed by atoms with van der Waals surface area (Å²) in [5.41, 5.74) is 7.03. The second-order valence-corrected chi connectivity index (χ2v) is 9.19. The zero-order valence-electron chi connectivity index (χ0n) is 16.3. The van der Waals surface area contributed by atoms with Gasteiger partial charge in [-0.25, -0.2) is 22.8 Å². The zero-order valence-corrected chi connectivity index (χ0v) is 17.1. The van der Waals surface area contributed by atoms with Crippen LogP contribution in [0.15, 0.2) is 59.6 Å². The lowest BCUT2D eigenvalue weighted by Crippen LogP contribution is -2.33. The number of sulfone groups is 1. The highest BCUT2D eigenvalue weighted by Gasteiger charge is 2.26.